The fourth-order valence-corrected chi connectivity index (χ4v) is 4.21. The van der Waals surface area contributed by atoms with Crippen molar-refractivity contribution in [3.05, 3.63) is 42.6 Å². The molecule has 1 heterocycles. The minimum Gasteiger partial charge on any atom is -0.497 e. The summed E-state index contributed by atoms with van der Waals surface area (Å²) in [5, 5.41) is 3.51. The van der Waals surface area contributed by atoms with Gasteiger partial charge in [0.2, 0.25) is 10.0 Å². The second-order valence-corrected chi connectivity index (χ2v) is 9.37. The smallest absolute Gasteiger partial charge is 0.211 e. The number of aromatic nitrogens is 1. The van der Waals surface area contributed by atoms with Gasteiger partial charge < -0.3 is 10.1 Å². The van der Waals surface area contributed by atoms with Crippen LogP contribution < -0.4 is 14.8 Å². The molecule has 0 amide bonds. The molecule has 7 heteroatoms. The molecule has 28 heavy (non-hydrogen) atoms. The van der Waals surface area contributed by atoms with Crippen LogP contribution in [0.4, 0.5) is 5.82 Å². The number of nitrogens with one attached hydrogen (secondary N) is 2. The van der Waals surface area contributed by atoms with Crippen molar-refractivity contribution in [2.24, 2.45) is 5.92 Å². The zero-order valence-corrected chi connectivity index (χ0v) is 17.3. The largest absolute Gasteiger partial charge is 0.497 e. The van der Waals surface area contributed by atoms with E-state index in [-0.39, 0.29) is 5.75 Å². The summed E-state index contributed by atoms with van der Waals surface area (Å²) in [5.41, 5.74) is 2.13. The van der Waals surface area contributed by atoms with Crippen LogP contribution in [0.1, 0.15) is 32.6 Å². The Balaban J connectivity index is 1.50. The molecule has 3 rings (SSSR count). The molecule has 1 aromatic carbocycles. The fourth-order valence-electron chi connectivity index (χ4n) is 3.52. The van der Waals surface area contributed by atoms with Crippen molar-refractivity contribution in [1.29, 1.82) is 0 Å². The van der Waals surface area contributed by atoms with E-state index in [4.69, 9.17) is 4.74 Å². The molecule has 1 saturated carbocycles. The highest BCUT2D eigenvalue weighted by atomic mass is 32.2. The van der Waals surface area contributed by atoms with E-state index in [9.17, 15) is 8.42 Å². The van der Waals surface area contributed by atoms with Gasteiger partial charge in [0.05, 0.1) is 12.9 Å². The van der Waals surface area contributed by atoms with Crippen molar-refractivity contribution in [3.8, 4) is 16.9 Å². The molecule has 2 aromatic rings. The summed E-state index contributed by atoms with van der Waals surface area (Å²) in [5.74, 6) is 2.27. The summed E-state index contributed by atoms with van der Waals surface area (Å²) in [4.78, 5) is 4.56. The Morgan fingerprint density at radius 1 is 1.11 bits per heavy atom. The fraction of sp³-hybridized carbons (Fsp3) is 0.476. The molecule has 0 bridgehead atoms. The Hall–Kier alpha value is -2.12. The van der Waals surface area contributed by atoms with Gasteiger partial charge in [-0.25, -0.2) is 18.1 Å². The molecule has 0 spiro atoms. The second-order valence-electron chi connectivity index (χ2n) is 7.28. The molecule has 0 unspecified atom stereocenters. The van der Waals surface area contributed by atoms with E-state index in [1.807, 2.05) is 36.5 Å². The van der Waals surface area contributed by atoms with E-state index < -0.39 is 10.0 Å². The lowest BCUT2D eigenvalue weighted by Crippen LogP contribution is -2.34. The normalized spacial score (nSPS) is 19.9. The standard InChI is InChI=1S/C21H29N3O3S/c1-3-28(25,26)23-14-16-7-10-19(11-8-16)24-21-12-9-18(15-22-21)17-5-4-6-20(13-17)27-2/h4-6,9,12-13,15-16,19,23H,3,7-8,10-11,14H2,1-2H3,(H,22,24). The molecule has 0 saturated heterocycles. The van der Waals surface area contributed by atoms with E-state index in [0.29, 0.717) is 18.5 Å². The van der Waals surface area contributed by atoms with E-state index in [1.54, 1.807) is 14.0 Å². The number of methoxy groups -OCH3 is 1. The SMILES string of the molecule is CCS(=O)(=O)NCC1CCC(Nc2ccc(-c3cccc(OC)c3)cn2)CC1. The summed E-state index contributed by atoms with van der Waals surface area (Å²) < 4.78 is 31.1. The number of hydrogen-bond acceptors (Lipinski definition) is 5. The number of ether oxygens (including phenoxy) is 1. The van der Waals surface area contributed by atoms with E-state index in [2.05, 4.69) is 21.1 Å². The number of nitrogens with zero attached hydrogens (tertiary/aromatic N) is 1. The Morgan fingerprint density at radius 3 is 2.54 bits per heavy atom. The average Bonchev–Trinajstić information content (AvgIpc) is 2.74. The van der Waals surface area contributed by atoms with Crippen LogP contribution in [-0.4, -0.2) is 38.9 Å². The summed E-state index contributed by atoms with van der Waals surface area (Å²) in [6.07, 6.45) is 5.97. The first-order valence-electron chi connectivity index (χ1n) is 9.83. The first-order chi connectivity index (χ1) is 13.5. The first-order valence-corrected chi connectivity index (χ1v) is 11.5. The van der Waals surface area contributed by atoms with Gasteiger partial charge in [0.25, 0.3) is 0 Å². The summed E-state index contributed by atoms with van der Waals surface area (Å²) in [7, 11) is -1.43. The van der Waals surface area contributed by atoms with Crippen molar-refractivity contribution in [2.75, 3.05) is 24.7 Å². The Morgan fingerprint density at radius 2 is 1.89 bits per heavy atom. The molecule has 0 atom stereocenters. The van der Waals surface area contributed by atoms with E-state index >= 15 is 0 Å². The van der Waals surface area contributed by atoms with Crippen LogP contribution in [0, 0.1) is 5.92 Å². The quantitative estimate of drug-likeness (QED) is 0.703. The summed E-state index contributed by atoms with van der Waals surface area (Å²) in [6, 6.07) is 12.4. The zero-order valence-electron chi connectivity index (χ0n) is 16.5. The van der Waals surface area contributed by atoms with Crippen molar-refractivity contribution < 1.29 is 13.2 Å². The van der Waals surface area contributed by atoms with Gasteiger partial charge in [-0.15, -0.1) is 0 Å². The monoisotopic (exact) mass is 403 g/mol. The second kappa shape index (κ2) is 9.39. The number of rotatable bonds is 8. The number of hydrogen-bond donors (Lipinski definition) is 2. The number of pyridine rings is 1. The van der Waals surface area contributed by atoms with Crippen LogP contribution >= 0.6 is 0 Å². The lowest BCUT2D eigenvalue weighted by molar-refractivity contribution is 0.337. The van der Waals surface area contributed by atoms with E-state index in [1.165, 1.54) is 0 Å². The molecule has 1 aromatic heterocycles. The highest BCUT2D eigenvalue weighted by molar-refractivity contribution is 7.89. The van der Waals surface area contributed by atoms with Gasteiger partial charge in [0, 0.05) is 24.3 Å². The topological polar surface area (TPSA) is 80.3 Å². The maximum absolute atomic E-state index is 11.6. The summed E-state index contributed by atoms with van der Waals surface area (Å²) >= 11 is 0. The molecule has 0 radical (unpaired) electrons. The number of anilines is 1. The lowest BCUT2D eigenvalue weighted by atomic mass is 9.86. The van der Waals surface area contributed by atoms with Gasteiger partial charge in [-0.1, -0.05) is 12.1 Å². The molecular formula is C21H29N3O3S. The van der Waals surface area contributed by atoms with Gasteiger partial charge >= 0.3 is 0 Å². The molecule has 152 valence electrons. The Bertz CT molecular complexity index is 861. The van der Waals surface area contributed by atoms with Gasteiger partial charge in [0.1, 0.15) is 11.6 Å². The third kappa shape index (κ3) is 5.69. The zero-order chi connectivity index (χ0) is 20.0. The lowest BCUT2D eigenvalue weighted by Gasteiger charge is -2.29. The number of benzene rings is 1. The molecular weight excluding hydrogens is 374 g/mol. The molecule has 0 aliphatic heterocycles. The van der Waals surface area contributed by atoms with Gasteiger partial charge in [-0.3, -0.25) is 0 Å². The number of sulfonamides is 1. The van der Waals surface area contributed by atoms with Crippen molar-refractivity contribution in [3.63, 3.8) is 0 Å². The average molecular weight is 404 g/mol. The molecule has 2 N–H and O–H groups in total. The first kappa shape index (κ1) is 20.6. The van der Waals surface area contributed by atoms with Gasteiger partial charge in [-0.2, -0.15) is 0 Å². The third-order valence-corrected chi connectivity index (χ3v) is 6.70. The minimum absolute atomic E-state index is 0.140. The highest BCUT2D eigenvalue weighted by Crippen LogP contribution is 2.27. The highest BCUT2D eigenvalue weighted by Gasteiger charge is 2.22. The molecule has 1 aliphatic carbocycles. The van der Waals surface area contributed by atoms with Crippen LogP contribution in [0.3, 0.4) is 0 Å². The van der Waals surface area contributed by atoms with Crippen LogP contribution in [0.15, 0.2) is 42.6 Å². The van der Waals surface area contributed by atoms with Crippen LogP contribution in [0.25, 0.3) is 11.1 Å². The van der Waals surface area contributed by atoms with Crippen molar-refractivity contribution in [1.82, 2.24) is 9.71 Å². The Kier molecular flexibility index (Phi) is 6.91. The summed E-state index contributed by atoms with van der Waals surface area (Å²) in [6.45, 7) is 2.21. The predicted octanol–water partition coefficient (Wildman–Crippen LogP) is 3.67. The van der Waals surface area contributed by atoms with Crippen LogP contribution in [-0.2, 0) is 10.0 Å². The molecule has 1 fully saturated rings. The predicted molar refractivity (Wildman–Crippen MR) is 113 cm³/mol. The van der Waals surface area contributed by atoms with Gasteiger partial charge in [-0.05, 0) is 68.4 Å². The van der Waals surface area contributed by atoms with E-state index in [0.717, 1.165) is 48.4 Å². The van der Waals surface area contributed by atoms with Crippen molar-refractivity contribution >= 4 is 15.8 Å². The molecule has 1 aliphatic rings. The maximum Gasteiger partial charge on any atom is 0.211 e. The maximum atomic E-state index is 11.6. The van der Waals surface area contributed by atoms with Gasteiger partial charge in [0.15, 0.2) is 0 Å². The van der Waals surface area contributed by atoms with Crippen LogP contribution in [0.5, 0.6) is 5.75 Å². The third-order valence-electron chi connectivity index (χ3n) is 5.34. The van der Waals surface area contributed by atoms with Crippen molar-refractivity contribution in [2.45, 2.75) is 38.6 Å². The Labute approximate surface area is 167 Å². The van der Waals surface area contributed by atoms with Crippen LogP contribution in [0.2, 0.25) is 0 Å². The minimum atomic E-state index is -3.10. The molecule has 6 nitrogen and oxygen atoms in total.